The van der Waals surface area contributed by atoms with Crippen LogP contribution in [-0.4, -0.2) is 43.7 Å². The third-order valence-electron chi connectivity index (χ3n) is 2.69. The Bertz CT molecular complexity index is 616. The van der Waals surface area contributed by atoms with Crippen LogP contribution >= 0.6 is 11.6 Å². The lowest BCUT2D eigenvalue weighted by Crippen LogP contribution is -2.39. The van der Waals surface area contributed by atoms with E-state index in [9.17, 15) is 14.4 Å². The fourth-order valence-electron chi connectivity index (χ4n) is 1.55. The van der Waals surface area contributed by atoms with Gasteiger partial charge in [0.15, 0.2) is 0 Å². The molecule has 0 unspecified atom stereocenters. The van der Waals surface area contributed by atoms with E-state index < -0.39 is 11.8 Å². The summed E-state index contributed by atoms with van der Waals surface area (Å²) in [6.07, 6.45) is -0.0335. The molecule has 3 N–H and O–H groups in total. The number of benzene rings is 1. The summed E-state index contributed by atoms with van der Waals surface area (Å²) in [6.45, 7) is 2.08. The van der Waals surface area contributed by atoms with E-state index in [1.54, 1.807) is 31.2 Å². The van der Waals surface area contributed by atoms with Crippen LogP contribution < -0.4 is 16.1 Å². The van der Waals surface area contributed by atoms with Crippen LogP contribution in [0, 0.1) is 0 Å². The topological polar surface area (TPSA) is 109 Å². The van der Waals surface area contributed by atoms with E-state index in [0.29, 0.717) is 23.0 Å². The van der Waals surface area contributed by atoms with Gasteiger partial charge in [-0.2, -0.15) is 5.10 Å². The number of halogens is 1. The number of hydrogen-bond donors (Lipinski definition) is 3. The highest BCUT2D eigenvalue weighted by molar-refractivity contribution is 6.35. The molecule has 24 heavy (non-hydrogen) atoms. The summed E-state index contributed by atoms with van der Waals surface area (Å²) in [6, 6.07) is 6.64. The molecule has 0 atom stereocenters. The maximum atomic E-state index is 11.8. The molecule has 0 heterocycles. The predicted octanol–water partition coefficient (Wildman–Crippen LogP) is 0.923. The minimum absolute atomic E-state index is 0.0335. The van der Waals surface area contributed by atoms with Gasteiger partial charge < -0.3 is 15.4 Å². The molecular weight excluding hydrogens is 336 g/mol. The smallest absolute Gasteiger partial charge is 0.329 e. The molecule has 0 aromatic heterocycles. The molecule has 0 saturated heterocycles. The molecule has 0 aliphatic heterocycles. The maximum absolute atomic E-state index is 11.8. The monoisotopic (exact) mass is 354 g/mol. The van der Waals surface area contributed by atoms with E-state index in [-0.39, 0.29) is 18.9 Å². The molecule has 1 rings (SSSR count). The lowest BCUT2D eigenvalue weighted by Gasteiger charge is -2.06. The minimum atomic E-state index is -0.913. The predicted molar refractivity (Wildman–Crippen MR) is 90.8 cm³/mol. The van der Waals surface area contributed by atoms with Crippen molar-refractivity contribution in [3.8, 4) is 0 Å². The lowest BCUT2D eigenvalue weighted by molar-refractivity contribution is -0.139. The van der Waals surface area contributed by atoms with Crippen LogP contribution in [0.25, 0.3) is 0 Å². The highest BCUT2D eigenvalue weighted by Gasteiger charge is 2.12. The zero-order chi connectivity index (χ0) is 17.9. The SMILES string of the molecule is COCCNC(=O)C(=O)NN=C(C)CC(=O)Nc1ccc(Cl)cc1. The fraction of sp³-hybridized carbons (Fsp3) is 0.333. The van der Waals surface area contributed by atoms with E-state index in [4.69, 9.17) is 16.3 Å². The molecule has 0 saturated carbocycles. The van der Waals surface area contributed by atoms with Gasteiger partial charge in [-0.25, -0.2) is 5.43 Å². The molecule has 0 radical (unpaired) electrons. The maximum Gasteiger partial charge on any atom is 0.329 e. The molecule has 0 bridgehead atoms. The Kier molecular flexibility index (Phi) is 8.45. The van der Waals surface area contributed by atoms with Crippen molar-refractivity contribution in [2.24, 2.45) is 5.10 Å². The lowest BCUT2D eigenvalue weighted by atomic mass is 10.2. The van der Waals surface area contributed by atoms with Crippen molar-refractivity contribution in [2.75, 3.05) is 25.6 Å². The Morgan fingerprint density at radius 2 is 1.83 bits per heavy atom. The molecule has 0 spiro atoms. The number of ether oxygens (including phenoxy) is 1. The van der Waals surface area contributed by atoms with E-state index in [2.05, 4.69) is 21.2 Å². The Hall–Kier alpha value is -2.45. The molecule has 130 valence electrons. The first-order chi connectivity index (χ1) is 11.4. The third-order valence-corrected chi connectivity index (χ3v) is 2.94. The first-order valence-electron chi connectivity index (χ1n) is 7.08. The van der Waals surface area contributed by atoms with Gasteiger partial charge >= 0.3 is 11.8 Å². The zero-order valence-corrected chi connectivity index (χ0v) is 14.1. The van der Waals surface area contributed by atoms with E-state index in [1.807, 2.05) is 0 Å². The molecule has 3 amide bonds. The normalized spacial score (nSPS) is 10.9. The second-order valence-corrected chi connectivity index (χ2v) is 5.20. The molecular formula is C15H19ClN4O4. The van der Waals surface area contributed by atoms with Crippen molar-refractivity contribution in [3.63, 3.8) is 0 Å². The Labute approximate surface area is 144 Å². The van der Waals surface area contributed by atoms with Crippen LogP contribution in [0.3, 0.4) is 0 Å². The Balaban J connectivity index is 2.40. The summed E-state index contributed by atoms with van der Waals surface area (Å²) >= 11 is 5.76. The van der Waals surface area contributed by atoms with Crippen molar-refractivity contribution in [1.82, 2.24) is 10.7 Å². The molecule has 1 aromatic carbocycles. The van der Waals surface area contributed by atoms with Crippen molar-refractivity contribution in [1.29, 1.82) is 0 Å². The van der Waals surface area contributed by atoms with Gasteiger partial charge in [-0.05, 0) is 31.2 Å². The summed E-state index contributed by atoms with van der Waals surface area (Å²) in [7, 11) is 1.48. The van der Waals surface area contributed by atoms with Gasteiger partial charge in [-0.3, -0.25) is 14.4 Å². The second kappa shape index (κ2) is 10.3. The van der Waals surface area contributed by atoms with Gasteiger partial charge in [0.1, 0.15) is 0 Å². The quantitative estimate of drug-likeness (QED) is 0.293. The van der Waals surface area contributed by atoms with Gasteiger partial charge in [-0.15, -0.1) is 0 Å². The number of anilines is 1. The van der Waals surface area contributed by atoms with Crippen molar-refractivity contribution >= 4 is 40.7 Å². The number of methoxy groups -OCH3 is 1. The summed E-state index contributed by atoms with van der Waals surface area (Å²) in [5.41, 5.74) is 3.03. The van der Waals surface area contributed by atoms with E-state index in [1.165, 1.54) is 7.11 Å². The largest absolute Gasteiger partial charge is 0.383 e. The van der Waals surface area contributed by atoms with Gasteiger partial charge in [0, 0.05) is 30.1 Å². The van der Waals surface area contributed by atoms with E-state index in [0.717, 1.165) is 0 Å². The summed E-state index contributed by atoms with van der Waals surface area (Å²) in [5, 5.41) is 9.29. The standard InChI is InChI=1S/C15H19ClN4O4/c1-10(19-20-15(23)14(22)17-7-8-24-2)9-13(21)18-12-5-3-11(16)4-6-12/h3-6H,7-9H2,1-2H3,(H,17,22)(H,18,21)(H,20,23). The number of nitrogens with one attached hydrogen (secondary N) is 3. The molecule has 1 aromatic rings. The molecule has 0 fully saturated rings. The fourth-order valence-corrected chi connectivity index (χ4v) is 1.68. The zero-order valence-electron chi connectivity index (χ0n) is 13.4. The highest BCUT2D eigenvalue weighted by atomic mass is 35.5. The van der Waals surface area contributed by atoms with E-state index >= 15 is 0 Å². The molecule has 0 aliphatic rings. The average molecular weight is 355 g/mol. The van der Waals surface area contributed by atoms with Gasteiger partial charge in [0.25, 0.3) is 0 Å². The number of nitrogens with zero attached hydrogens (tertiary/aromatic N) is 1. The third kappa shape index (κ3) is 7.70. The number of carbonyl (C=O) groups is 3. The molecule has 9 heteroatoms. The van der Waals surface area contributed by atoms with Gasteiger partial charge in [0.05, 0.1) is 13.0 Å². The van der Waals surface area contributed by atoms with Crippen LogP contribution in [0.1, 0.15) is 13.3 Å². The summed E-state index contributed by atoms with van der Waals surface area (Å²) in [5.74, 6) is -2.05. The summed E-state index contributed by atoms with van der Waals surface area (Å²) < 4.78 is 4.74. The van der Waals surface area contributed by atoms with Crippen LogP contribution in [-0.2, 0) is 19.1 Å². The first-order valence-corrected chi connectivity index (χ1v) is 7.46. The Morgan fingerprint density at radius 3 is 2.46 bits per heavy atom. The van der Waals surface area contributed by atoms with Gasteiger partial charge in [0.2, 0.25) is 5.91 Å². The molecule has 8 nitrogen and oxygen atoms in total. The van der Waals surface area contributed by atoms with Crippen molar-refractivity contribution in [2.45, 2.75) is 13.3 Å². The average Bonchev–Trinajstić information content (AvgIpc) is 2.54. The van der Waals surface area contributed by atoms with Crippen LogP contribution in [0.5, 0.6) is 0 Å². The minimum Gasteiger partial charge on any atom is -0.383 e. The number of hydrazone groups is 1. The van der Waals surface area contributed by atoms with Crippen LogP contribution in [0.2, 0.25) is 5.02 Å². The van der Waals surface area contributed by atoms with Crippen LogP contribution in [0.15, 0.2) is 29.4 Å². The number of rotatable bonds is 7. The van der Waals surface area contributed by atoms with Crippen molar-refractivity contribution in [3.05, 3.63) is 29.3 Å². The van der Waals surface area contributed by atoms with Crippen LogP contribution in [0.4, 0.5) is 5.69 Å². The molecule has 0 aliphatic carbocycles. The first kappa shape index (κ1) is 19.6. The van der Waals surface area contributed by atoms with Gasteiger partial charge in [-0.1, -0.05) is 11.6 Å². The number of hydrogen-bond acceptors (Lipinski definition) is 5. The summed E-state index contributed by atoms with van der Waals surface area (Å²) in [4.78, 5) is 34.7. The number of amides is 3. The second-order valence-electron chi connectivity index (χ2n) is 4.77. The Morgan fingerprint density at radius 1 is 1.17 bits per heavy atom. The highest BCUT2D eigenvalue weighted by Crippen LogP contribution is 2.13. The number of carbonyl (C=O) groups excluding carboxylic acids is 3. The van der Waals surface area contributed by atoms with Crippen molar-refractivity contribution < 1.29 is 19.1 Å².